The van der Waals surface area contributed by atoms with Crippen LogP contribution in [0.4, 0.5) is 0 Å². The first-order valence-electron chi connectivity index (χ1n) is 7.25. The van der Waals surface area contributed by atoms with Crippen LogP contribution in [0.25, 0.3) is 0 Å². The van der Waals surface area contributed by atoms with E-state index >= 15 is 0 Å². The van der Waals surface area contributed by atoms with Gasteiger partial charge in [0, 0.05) is 19.5 Å². The van der Waals surface area contributed by atoms with Crippen molar-refractivity contribution >= 4 is 17.7 Å². The Hall–Kier alpha value is -0.220. The second-order valence-electron chi connectivity index (χ2n) is 5.08. The molecule has 1 fully saturated rings. The Morgan fingerprint density at radius 3 is 2.67 bits per heavy atom. The molecule has 1 saturated heterocycles. The van der Waals surface area contributed by atoms with Gasteiger partial charge in [0.15, 0.2) is 0 Å². The summed E-state index contributed by atoms with van der Waals surface area (Å²) in [4.78, 5) is 14.1. The molecule has 0 aliphatic carbocycles. The summed E-state index contributed by atoms with van der Waals surface area (Å²) in [5, 5.41) is 3.40. The standard InChI is InChI=1S/C14H28N2OS/c1-3-15-12-13-7-9-16(10-8-13)14(17)6-4-5-11-18-2/h13,15H,3-12H2,1-2H3. The fourth-order valence-electron chi connectivity index (χ4n) is 2.42. The second kappa shape index (κ2) is 9.68. The molecule has 0 aromatic carbocycles. The molecule has 1 amide bonds. The Bertz CT molecular complexity index is 228. The lowest BCUT2D eigenvalue weighted by Crippen LogP contribution is -2.40. The van der Waals surface area contributed by atoms with Gasteiger partial charge in [0.25, 0.3) is 0 Å². The maximum atomic E-state index is 12.0. The number of nitrogens with zero attached hydrogens (tertiary/aromatic N) is 1. The van der Waals surface area contributed by atoms with Crippen molar-refractivity contribution in [2.24, 2.45) is 5.92 Å². The van der Waals surface area contributed by atoms with Crippen LogP contribution in [0.15, 0.2) is 0 Å². The van der Waals surface area contributed by atoms with Gasteiger partial charge in [-0.2, -0.15) is 11.8 Å². The molecule has 1 N–H and O–H groups in total. The summed E-state index contributed by atoms with van der Waals surface area (Å²) in [6.07, 6.45) is 7.43. The maximum Gasteiger partial charge on any atom is 0.222 e. The number of piperidine rings is 1. The normalized spacial score (nSPS) is 17.1. The largest absolute Gasteiger partial charge is 0.343 e. The summed E-state index contributed by atoms with van der Waals surface area (Å²) >= 11 is 1.86. The first kappa shape index (κ1) is 15.8. The van der Waals surface area contributed by atoms with Crippen molar-refractivity contribution in [3.8, 4) is 0 Å². The van der Waals surface area contributed by atoms with Gasteiger partial charge >= 0.3 is 0 Å². The van der Waals surface area contributed by atoms with E-state index in [9.17, 15) is 4.79 Å². The Morgan fingerprint density at radius 2 is 2.06 bits per heavy atom. The van der Waals surface area contributed by atoms with Gasteiger partial charge in [0.1, 0.15) is 0 Å². The summed E-state index contributed by atoms with van der Waals surface area (Å²) in [5.74, 6) is 2.32. The summed E-state index contributed by atoms with van der Waals surface area (Å²) in [6.45, 7) is 6.25. The number of hydrogen-bond donors (Lipinski definition) is 1. The first-order chi connectivity index (χ1) is 8.77. The van der Waals surface area contributed by atoms with Crippen LogP contribution in [-0.2, 0) is 4.79 Å². The number of unbranched alkanes of at least 4 members (excludes halogenated alkanes) is 1. The lowest BCUT2D eigenvalue weighted by molar-refractivity contribution is -0.132. The molecule has 0 saturated carbocycles. The number of carbonyl (C=O) groups excluding carboxylic acids is 1. The van der Waals surface area contributed by atoms with Crippen molar-refractivity contribution < 1.29 is 4.79 Å². The van der Waals surface area contributed by atoms with Crippen LogP contribution in [0.5, 0.6) is 0 Å². The van der Waals surface area contributed by atoms with E-state index in [1.807, 2.05) is 11.8 Å². The van der Waals surface area contributed by atoms with Crippen molar-refractivity contribution in [1.29, 1.82) is 0 Å². The van der Waals surface area contributed by atoms with Crippen molar-refractivity contribution in [2.75, 3.05) is 38.2 Å². The van der Waals surface area contributed by atoms with Crippen LogP contribution in [0, 0.1) is 5.92 Å². The zero-order valence-electron chi connectivity index (χ0n) is 11.9. The Labute approximate surface area is 116 Å². The molecule has 1 aliphatic heterocycles. The second-order valence-corrected chi connectivity index (χ2v) is 6.07. The van der Waals surface area contributed by atoms with Gasteiger partial charge < -0.3 is 10.2 Å². The van der Waals surface area contributed by atoms with E-state index in [0.717, 1.165) is 44.9 Å². The van der Waals surface area contributed by atoms with Crippen molar-refractivity contribution in [1.82, 2.24) is 10.2 Å². The van der Waals surface area contributed by atoms with E-state index in [0.29, 0.717) is 5.91 Å². The number of carbonyl (C=O) groups is 1. The summed E-state index contributed by atoms with van der Waals surface area (Å²) < 4.78 is 0. The average molecular weight is 272 g/mol. The molecule has 1 rings (SSSR count). The lowest BCUT2D eigenvalue weighted by Gasteiger charge is -2.32. The number of thioether (sulfide) groups is 1. The minimum atomic E-state index is 0.373. The van der Waals surface area contributed by atoms with Crippen LogP contribution < -0.4 is 5.32 Å². The number of hydrogen-bond acceptors (Lipinski definition) is 3. The zero-order chi connectivity index (χ0) is 13.2. The predicted octanol–water partition coefficient (Wildman–Crippen LogP) is 2.37. The minimum absolute atomic E-state index is 0.373. The molecule has 1 aliphatic rings. The topological polar surface area (TPSA) is 32.3 Å². The lowest BCUT2D eigenvalue weighted by atomic mass is 9.96. The van der Waals surface area contributed by atoms with E-state index in [-0.39, 0.29) is 0 Å². The molecule has 1 heterocycles. The minimum Gasteiger partial charge on any atom is -0.343 e. The van der Waals surface area contributed by atoms with E-state index in [1.165, 1.54) is 25.0 Å². The maximum absolute atomic E-state index is 12.0. The Kier molecular flexibility index (Phi) is 8.51. The molecule has 4 heteroatoms. The smallest absolute Gasteiger partial charge is 0.222 e. The van der Waals surface area contributed by atoms with E-state index in [2.05, 4.69) is 23.4 Å². The predicted molar refractivity (Wildman–Crippen MR) is 80.1 cm³/mol. The highest BCUT2D eigenvalue weighted by Gasteiger charge is 2.21. The molecule has 0 unspecified atom stereocenters. The molecular weight excluding hydrogens is 244 g/mol. The highest BCUT2D eigenvalue weighted by molar-refractivity contribution is 7.98. The highest BCUT2D eigenvalue weighted by Crippen LogP contribution is 2.17. The van der Waals surface area contributed by atoms with Gasteiger partial charge in [-0.3, -0.25) is 4.79 Å². The molecule has 0 aromatic rings. The van der Waals surface area contributed by atoms with Crippen molar-refractivity contribution in [2.45, 2.75) is 39.0 Å². The van der Waals surface area contributed by atoms with Crippen LogP contribution in [0.3, 0.4) is 0 Å². The summed E-state index contributed by atoms with van der Waals surface area (Å²) in [7, 11) is 0. The van der Waals surface area contributed by atoms with Gasteiger partial charge in [-0.15, -0.1) is 0 Å². The van der Waals surface area contributed by atoms with Crippen LogP contribution in [-0.4, -0.2) is 49.0 Å². The quantitative estimate of drug-likeness (QED) is 0.689. The average Bonchev–Trinajstić information content (AvgIpc) is 2.41. The monoisotopic (exact) mass is 272 g/mol. The third-order valence-electron chi connectivity index (χ3n) is 3.64. The molecule has 106 valence electrons. The fourth-order valence-corrected chi connectivity index (χ4v) is 2.91. The van der Waals surface area contributed by atoms with E-state index < -0.39 is 0 Å². The zero-order valence-corrected chi connectivity index (χ0v) is 12.7. The SMILES string of the molecule is CCNCC1CCN(C(=O)CCCCSC)CC1. The molecule has 0 bridgehead atoms. The van der Waals surface area contributed by atoms with Gasteiger partial charge in [0.05, 0.1) is 0 Å². The first-order valence-corrected chi connectivity index (χ1v) is 8.64. The van der Waals surface area contributed by atoms with Gasteiger partial charge in [-0.1, -0.05) is 6.92 Å². The van der Waals surface area contributed by atoms with Gasteiger partial charge in [-0.05, 0) is 56.7 Å². The summed E-state index contributed by atoms with van der Waals surface area (Å²) in [6, 6.07) is 0. The molecule has 18 heavy (non-hydrogen) atoms. The van der Waals surface area contributed by atoms with Crippen molar-refractivity contribution in [3.05, 3.63) is 0 Å². The Balaban J connectivity index is 2.11. The molecule has 0 aromatic heterocycles. The number of rotatable bonds is 8. The van der Waals surface area contributed by atoms with Gasteiger partial charge in [0.2, 0.25) is 5.91 Å². The van der Waals surface area contributed by atoms with E-state index in [4.69, 9.17) is 0 Å². The summed E-state index contributed by atoms with van der Waals surface area (Å²) in [5.41, 5.74) is 0. The number of likely N-dealkylation sites (tertiary alicyclic amines) is 1. The third kappa shape index (κ3) is 6.10. The molecular formula is C14H28N2OS. The molecule has 0 atom stereocenters. The van der Waals surface area contributed by atoms with Gasteiger partial charge in [-0.25, -0.2) is 0 Å². The van der Waals surface area contributed by atoms with Crippen LogP contribution in [0.2, 0.25) is 0 Å². The van der Waals surface area contributed by atoms with Crippen LogP contribution in [0.1, 0.15) is 39.0 Å². The third-order valence-corrected chi connectivity index (χ3v) is 4.34. The van der Waals surface area contributed by atoms with Crippen LogP contribution >= 0.6 is 11.8 Å². The number of amides is 1. The molecule has 0 spiro atoms. The highest BCUT2D eigenvalue weighted by atomic mass is 32.2. The van der Waals surface area contributed by atoms with Crippen molar-refractivity contribution in [3.63, 3.8) is 0 Å². The molecule has 3 nitrogen and oxygen atoms in total. The number of nitrogens with one attached hydrogen (secondary N) is 1. The fraction of sp³-hybridized carbons (Fsp3) is 0.929. The van der Waals surface area contributed by atoms with E-state index in [1.54, 1.807) is 0 Å². The molecule has 0 radical (unpaired) electrons. The Morgan fingerprint density at radius 1 is 1.33 bits per heavy atom.